The Kier molecular flexibility index (Phi) is 4.16. The van der Waals surface area contributed by atoms with Gasteiger partial charge in [0, 0.05) is 18.1 Å². The number of nitrogens with two attached hydrogens (primary N) is 1. The van der Waals surface area contributed by atoms with Gasteiger partial charge in [0.05, 0.1) is 22.4 Å². The second kappa shape index (κ2) is 6.49. The van der Waals surface area contributed by atoms with E-state index in [1.54, 1.807) is 10.9 Å². The van der Waals surface area contributed by atoms with Gasteiger partial charge >= 0.3 is 0 Å². The number of carbonyl (C=O) groups excluding carboxylic acids is 1. The number of rotatable bonds is 4. The molecule has 7 heteroatoms. The highest BCUT2D eigenvalue weighted by Gasteiger charge is 2.35. The van der Waals surface area contributed by atoms with E-state index >= 15 is 0 Å². The zero-order valence-corrected chi connectivity index (χ0v) is 14.8. The van der Waals surface area contributed by atoms with Gasteiger partial charge in [-0.1, -0.05) is 24.1 Å². The van der Waals surface area contributed by atoms with Gasteiger partial charge in [-0.25, -0.2) is 4.68 Å². The molecule has 134 valence electrons. The van der Waals surface area contributed by atoms with Crippen LogP contribution in [0.3, 0.4) is 0 Å². The summed E-state index contributed by atoms with van der Waals surface area (Å²) in [4.78, 5) is 17.1. The summed E-state index contributed by atoms with van der Waals surface area (Å²) in [5.41, 5.74) is 8.43. The molecule has 0 radical (unpaired) electrons. The van der Waals surface area contributed by atoms with Crippen LogP contribution in [0.2, 0.25) is 0 Å². The number of amides is 1. The van der Waals surface area contributed by atoms with Gasteiger partial charge < -0.3 is 11.1 Å². The number of benzene rings is 1. The van der Waals surface area contributed by atoms with Gasteiger partial charge in [-0.3, -0.25) is 9.78 Å². The lowest BCUT2D eigenvalue weighted by Crippen LogP contribution is -2.51. The van der Waals surface area contributed by atoms with Gasteiger partial charge in [0.2, 0.25) is 0 Å². The van der Waals surface area contributed by atoms with Crippen molar-refractivity contribution < 1.29 is 4.79 Å². The monoisotopic (exact) mass is 350 g/mol. The number of aromatic nitrogens is 4. The molecule has 3 N–H and O–H groups in total. The maximum Gasteiger partial charge on any atom is 0.274 e. The smallest absolute Gasteiger partial charge is 0.274 e. The third-order valence-electron chi connectivity index (χ3n) is 5.27. The molecule has 7 nitrogen and oxygen atoms in total. The highest BCUT2D eigenvalue weighted by atomic mass is 16.2. The summed E-state index contributed by atoms with van der Waals surface area (Å²) in [6, 6.07) is 9.75. The lowest BCUT2D eigenvalue weighted by Gasteiger charge is -2.28. The topological polar surface area (TPSA) is 98.7 Å². The van der Waals surface area contributed by atoms with E-state index in [-0.39, 0.29) is 11.4 Å². The number of nitrogens with one attached hydrogen (secondary N) is 1. The molecule has 2 heterocycles. The summed E-state index contributed by atoms with van der Waals surface area (Å²) in [6.45, 7) is 2.30. The van der Waals surface area contributed by atoms with Crippen LogP contribution in [0.15, 0.2) is 36.5 Å². The van der Waals surface area contributed by atoms with Crippen LogP contribution in [0.25, 0.3) is 16.6 Å². The minimum absolute atomic E-state index is 0.205. The minimum Gasteiger partial charge on any atom is -0.344 e. The maximum absolute atomic E-state index is 12.8. The zero-order valence-electron chi connectivity index (χ0n) is 14.8. The molecule has 0 unspecified atom stereocenters. The van der Waals surface area contributed by atoms with E-state index in [0.717, 1.165) is 42.3 Å². The number of fused-ring (bicyclic) bond motifs is 1. The van der Waals surface area contributed by atoms with E-state index in [1.807, 2.05) is 37.3 Å². The molecule has 26 heavy (non-hydrogen) atoms. The molecule has 1 saturated carbocycles. The second-order valence-corrected chi connectivity index (χ2v) is 6.96. The van der Waals surface area contributed by atoms with Gasteiger partial charge in [0.15, 0.2) is 5.69 Å². The Morgan fingerprint density at radius 3 is 2.88 bits per heavy atom. The molecule has 0 aliphatic heterocycles. The minimum atomic E-state index is -0.304. The van der Waals surface area contributed by atoms with Crippen molar-refractivity contribution in [3.8, 4) is 5.69 Å². The fraction of sp³-hybridized carbons (Fsp3) is 0.368. The van der Waals surface area contributed by atoms with Crippen LogP contribution in [0.1, 0.15) is 41.9 Å². The van der Waals surface area contributed by atoms with Crippen LogP contribution in [-0.2, 0) is 0 Å². The first-order valence-corrected chi connectivity index (χ1v) is 8.92. The van der Waals surface area contributed by atoms with Crippen molar-refractivity contribution in [1.82, 2.24) is 25.3 Å². The summed E-state index contributed by atoms with van der Waals surface area (Å²) in [6.07, 6.45) is 5.78. The van der Waals surface area contributed by atoms with E-state index in [4.69, 9.17) is 5.73 Å². The molecular formula is C19H22N6O. The fourth-order valence-electron chi connectivity index (χ4n) is 3.71. The van der Waals surface area contributed by atoms with Crippen molar-refractivity contribution in [2.75, 3.05) is 6.54 Å². The van der Waals surface area contributed by atoms with E-state index < -0.39 is 0 Å². The Bertz CT molecular complexity index is 958. The van der Waals surface area contributed by atoms with Crippen molar-refractivity contribution in [3.05, 3.63) is 47.9 Å². The molecule has 3 aromatic rings. The first-order chi connectivity index (χ1) is 12.6. The third-order valence-corrected chi connectivity index (χ3v) is 5.27. The molecule has 4 rings (SSSR count). The summed E-state index contributed by atoms with van der Waals surface area (Å²) in [7, 11) is 0. The lowest BCUT2D eigenvalue weighted by atomic mass is 9.97. The number of carbonyl (C=O) groups is 1. The SMILES string of the molecule is Cc1c(C(=O)NC2(CN)CCCC2)nnn1-c1ccc2ncccc2c1. The summed E-state index contributed by atoms with van der Waals surface area (Å²) in [5.74, 6) is -0.205. The number of pyridine rings is 1. The van der Waals surface area contributed by atoms with Gasteiger partial charge in [0.1, 0.15) is 0 Å². The average Bonchev–Trinajstić information content (AvgIpc) is 3.28. The third kappa shape index (κ3) is 2.84. The second-order valence-electron chi connectivity index (χ2n) is 6.96. The highest BCUT2D eigenvalue weighted by Crippen LogP contribution is 2.29. The van der Waals surface area contributed by atoms with Crippen molar-refractivity contribution in [2.45, 2.75) is 38.1 Å². The summed E-state index contributed by atoms with van der Waals surface area (Å²) in [5, 5.41) is 12.4. The lowest BCUT2D eigenvalue weighted by molar-refractivity contribution is 0.0897. The Labute approximate surface area is 151 Å². The molecule has 1 fully saturated rings. The van der Waals surface area contributed by atoms with Crippen LogP contribution >= 0.6 is 0 Å². The highest BCUT2D eigenvalue weighted by molar-refractivity contribution is 5.94. The Hall–Kier alpha value is -2.80. The van der Waals surface area contributed by atoms with Gasteiger partial charge in [-0.2, -0.15) is 0 Å². The zero-order chi connectivity index (χ0) is 18.1. The fourth-order valence-corrected chi connectivity index (χ4v) is 3.71. The van der Waals surface area contributed by atoms with Crippen LogP contribution < -0.4 is 11.1 Å². The molecule has 1 aliphatic carbocycles. The number of nitrogens with zero attached hydrogens (tertiary/aromatic N) is 4. The number of hydrogen-bond donors (Lipinski definition) is 2. The Morgan fingerprint density at radius 2 is 2.12 bits per heavy atom. The molecule has 1 aliphatic rings. The standard InChI is InChI=1S/C19H22N6O/c1-13-17(18(26)22-19(12-20)8-2-3-9-19)23-24-25(13)15-6-7-16-14(11-15)5-4-10-21-16/h4-7,10-11H,2-3,8-9,12,20H2,1H3,(H,22,26). The van der Waals surface area contributed by atoms with Crippen LogP contribution in [0.5, 0.6) is 0 Å². The predicted molar refractivity (Wildman–Crippen MR) is 99.1 cm³/mol. The Balaban J connectivity index is 1.64. The quantitative estimate of drug-likeness (QED) is 0.751. The molecule has 1 amide bonds. The van der Waals surface area contributed by atoms with E-state index in [0.29, 0.717) is 17.9 Å². The summed E-state index contributed by atoms with van der Waals surface area (Å²) >= 11 is 0. The molecule has 1 aromatic carbocycles. The maximum atomic E-state index is 12.8. The van der Waals surface area contributed by atoms with Crippen molar-refractivity contribution >= 4 is 16.8 Å². The average molecular weight is 350 g/mol. The van der Waals surface area contributed by atoms with Crippen molar-refractivity contribution in [3.63, 3.8) is 0 Å². The molecule has 0 atom stereocenters. The summed E-state index contributed by atoms with van der Waals surface area (Å²) < 4.78 is 1.69. The van der Waals surface area contributed by atoms with Crippen LogP contribution in [-0.4, -0.2) is 38.0 Å². The van der Waals surface area contributed by atoms with Crippen LogP contribution in [0.4, 0.5) is 0 Å². The number of hydrogen-bond acceptors (Lipinski definition) is 5. The molecule has 0 spiro atoms. The molecule has 2 aromatic heterocycles. The first kappa shape index (κ1) is 16.7. The largest absolute Gasteiger partial charge is 0.344 e. The van der Waals surface area contributed by atoms with E-state index in [9.17, 15) is 4.79 Å². The molecule has 0 bridgehead atoms. The van der Waals surface area contributed by atoms with Crippen molar-refractivity contribution in [2.24, 2.45) is 5.73 Å². The van der Waals surface area contributed by atoms with Gasteiger partial charge in [-0.05, 0) is 44.0 Å². The first-order valence-electron chi connectivity index (χ1n) is 8.92. The predicted octanol–water partition coefficient (Wildman–Crippen LogP) is 2.13. The molecule has 0 saturated heterocycles. The van der Waals surface area contributed by atoms with E-state index in [1.165, 1.54) is 0 Å². The van der Waals surface area contributed by atoms with Gasteiger partial charge in [0.25, 0.3) is 5.91 Å². The van der Waals surface area contributed by atoms with E-state index in [2.05, 4.69) is 20.6 Å². The van der Waals surface area contributed by atoms with Crippen molar-refractivity contribution in [1.29, 1.82) is 0 Å². The van der Waals surface area contributed by atoms with Crippen LogP contribution in [0, 0.1) is 6.92 Å². The van der Waals surface area contributed by atoms with Gasteiger partial charge in [-0.15, -0.1) is 5.10 Å². The molecular weight excluding hydrogens is 328 g/mol. The normalized spacial score (nSPS) is 16.1. The Morgan fingerprint density at radius 1 is 1.31 bits per heavy atom.